The number of nitrogens with zero attached hydrogens (tertiary/aromatic N) is 1. The first kappa shape index (κ1) is 14.2. The van der Waals surface area contributed by atoms with Crippen LogP contribution in [0.15, 0.2) is 36.4 Å². The fourth-order valence-corrected chi connectivity index (χ4v) is 2.83. The van der Waals surface area contributed by atoms with Gasteiger partial charge >= 0.3 is 0 Å². The first-order valence-corrected chi connectivity index (χ1v) is 7.19. The van der Waals surface area contributed by atoms with Gasteiger partial charge in [-0.25, -0.2) is 0 Å². The average molecular weight is 297 g/mol. The van der Waals surface area contributed by atoms with E-state index in [1.54, 1.807) is 0 Å². The Bertz CT molecular complexity index is 542. The molecule has 2 aromatic rings. The van der Waals surface area contributed by atoms with Crippen molar-refractivity contribution in [2.45, 2.75) is 6.10 Å². The van der Waals surface area contributed by atoms with Crippen molar-refractivity contribution in [1.29, 1.82) is 0 Å². The number of hydrogen-bond donors (Lipinski definition) is 1. The molecule has 1 aromatic heterocycles. The highest BCUT2D eigenvalue weighted by Gasteiger charge is 2.14. The molecule has 0 aliphatic heterocycles. The molecule has 0 saturated heterocycles. The van der Waals surface area contributed by atoms with Crippen LogP contribution in [0.5, 0.6) is 5.75 Å². The summed E-state index contributed by atoms with van der Waals surface area (Å²) < 4.78 is 6.70. The smallest absolute Gasteiger partial charge is 0.145 e. The molecule has 0 spiro atoms. The van der Waals surface area contributed by atoms with Gasteiger partial charge in [0.1, 0.15) is 11.9 Å². The summed E-state index contributed by atoms with van der Waals surface area (Å²) in [5.74, 6) is 0.811. The average Bonchev–Trinajstić information content (AvgIpc) is 2.83. The molecule has 2 N–H and O–H groups in total. The van der Waals surface area contributed by atoms with E-state index >= 15 is 0 Å². The van der Waals surface area contributed by atoms with Crippen LogP contribution in [-0.4, -0.2) is 20.6 Å². The second-order valence-corrected chi connectivity index (χ2v) is 6.12. The van der Waals surface area contributed by atoms with Crippen LogP contribution in [0, 0.1) is 0 Å². The third kappa shape index (κ3) is 3.62. The summed E-state index contributed by atoms with van der Waals surface area (Å²) in [5.41, 5.74) is 6.88. The van der Waals surface area contributed by atoms with E-state index < -0.39 is 0 Å². The van der Waals surface area contributed by atoms with Gasteiger partial charge in [-0.05, 0) is 24.3 Å². The fraction of sp³-hybridized carbons (Fsp3) is 0.286. The highest BCUT2D eigenvalue weighted by molar-refractivity contribution is 7.16. The van der Waals surface area contributed by atoms with Crippen molar-refractivity contribution in [1.82, 2.24) is 0 Å². The lowest BCUT2D eigenvalue weighted by Gasteiger charge is -2.18. The van der Waals surface area contributed by atoms with E-state index in [4.69, 9.17) is 22.1 Å². The minimum Gasteiger partial charge on any atom is -0.483 e. The molecule has 0 fully saturated rings. The lowest BCUT2D eigenvalue weighted by atomic mass is 10.2. The van der Waals surface area contributed by atoms with Gasteiger partial charge in [0.05, 0.1) is 4.34 Å². The third-order valence-electron chi connectivity index (χ3n) is 2.74. The van der Waals surface area contributed by atoms with E-state index in [1.807, 2.05) is 55.4 Å². The number of hydrogen-bond acceptors (Lipinski definition) is 4. The number of ether oxygens (including phenoxy) is 1. The summed E-state index contributed by atoms with van der Waals surface area (Å²) in [4.78, 5) is 3.08. The Morgan fingerprint density at radius 1 is 1.32 bits per heavy atom. The SMILES string of the molecule is CN(C)c1cccc(OC(CN)c2ccc(Cl)s2)c1. The monoisotopic (exact) mass is 296 g/mol. The van der Waals surface area contributed by atoms with Gasteiger partial charge in [-0.15, -0.1) is 11.3 Å². The fourth-order valence-electron chi connectivity index (χ4n) is 1.72. The van der Waals surface area contributed by atoms with Crippen LogP contribution >= 0.6 is 22.9 Å². The highest BCUT2D eigenvalue weighted by Crippen LogP contribution is 2.30. The Balaban J connectivity index is 2.16. The number of nitrogens with two attached hydrogens (primary N) is 1. The molecular formula is C14H17ClN2OS. The quantitative estimate of drug-likeness (QED) is 0.917. The molecule has 102 valence electrons. The molecule has 0 bridgehead atoms. The predicted molar refractivity (Wildman–Crippen MR) is 82.5 cm³/mol. The van der Waals surface area contributed by atoms with Gasteiger partial charge < -0.3 is 15.4 Å². The van der Waals surface area contributed by atoms with Crippen molar-refractivity contribution < 1.29 is 4.74 Å². The predicted octanol–water partition coefficient (Wildman–Crippen LogP) is 3.55. The first-order chi connectivity index (χ1) is 9.10. The van der Waals surface area contributed by atoms with Gasteiger partial charge in [-0.1, -0.05) is 17.7 Å². The lowest BCUT2D eigenvalue weighted by molar-refractivity contribution is 0.218. The Morgan fingerprint density at radius 3 is 2.68 bits per heavy atom. The molecule has 5 heteroatoms. The van der Waals surface area contributed by atoms with Crippen molar-refractivity contribution in [3.8, 4) is 5.75 Å². The van der Waals surface area contributed by atoms with Crippen LogP contribution in [-0.2, 0) is 0 Å². The maximum atomic E-state index is 5.95. The molecule has 0 aliphatic carbocycles. The van der Waals surface area contributed by atoms with Crippen LogP contribution in [0.4, 0.5) is 5.69 Å². The number of rotatable bonds is 5. The third-order valence-corrected chi connectivity index (χ3v) is 4.06. The topological polar surface area (TPSA) is 38.5 Å². The maximum Gasteiger partial charge on any atom is 0.145 e. The van der Waals surface area contributed by atoms with Crippen molar-refractivity contribution >= 4 is 28.6 Å². The van der Waals surface area contributed by atoms with E-state index in [9.17, 15) is 0 Å². The molecule has 2 rings (SSSR count). The summed E-state index contributed by atoms with van der Waals surface area (Å²) in [5, 5.41) is 0. The summed E-state index contributed by atoms with van der Waals surface area (Å²) in [6, 6.07) is 11.8. The molecule has 1 aromatic carbocycles. The molecule has 1 heterocycles. The van der Waals surface area contributed by atoms with Crippen molar-refractivity contribution in [3.63, 3.8) is 0 Å². The molecule has 1 atom stereocenters. The molecule has 19 heavy (non-hydrogen) atoms. The second-order valence-electron chi connectivity index (χ2n) is 4.38. The highest BCUT2D eigenvalue weighted by atomic mass is 35.5. The van der Waals surface area contributed by atoms with Gasteiger partial charge in [-0.2, -0.15) is 0 Å². The van der Waals surface area contributed by atoms with Gasteiger partial charge in [0.15, 0.2) is 0 Å². The van der Waals surface area contributed by atoms with Crippen LogP contribution in [0.2, 0.25) is 4.34 Å². The normalized spacial score (nSPS) is 12.2. The molecule has 1 unspecified atom stereocenters. The lowest BCUT2D eigenvalue weighted by Crippen LogP contribution is -2.17. The van der Waals surface area contributed by atoms with Gasteiger partial charge in [-0.3, -0.25) is 0 Å². The van der Waals surface area contributed by atoms with E-state index in [1.165, 1.54) is 11.3 Å². The van der Waals surface area contributed by atoms with Crippen LogP contribution in [0.3, 0.4) is 0 Å². The summed E-state index contributed by atoms with van der Waals surface area (Å²) >= 11 is 7.45. The zero-order valence-electron chi connectivity index (χ0n) is 11.0. The standard InChI is InChI=1S/C14H17ClN2OS/c1-17(2)10-4-3-5-11(8-10)18-12(9-16)13-6-7-14(15)19-13/h3-8,12H,9,16H2,1-2H3. The maximum absolute atomic E-state index is 5.95. The number of benzene rings is 1. The number of anilines is 1. The van der Waals surface area contributed by atoms with Crippen molar-refractivity contribution in [2.75, 3.05) is 25.5 Å². The summed E-state index contributed by atoms with van der Waals surface area (Å²) in [7, 11) is 4.00. The zero-order valence-corrected chi connectivity index (χ0v) is 12.5. The first-order valence-electron chi connectivity index (χ1n) is 5.99. The zero-order chi connectivity index (χ0) is 13.8. The van der Waals surface area contributed by atoms with Gasteiger partial charge in [0.25, 0.3) is 0 Å². The van der Waals surface area contributed by atoms with Crippen molar-refractivity contribution in [3.05, 3.63) is 45.6 Å². The Labute approximate surface area is 122 Å². The van der Waals surface area contributed by atoms with Crippen LogP contribution in [0.25, 0.3) is 0 Å². The molecule has 0 amide bonds. The Kier molecular flexibility index (Phi) is 4.69. The Morgan fingerprint density at radius 2 is 2.11 bits per heavy atom. The minimum absolute atomic E-state index is 0.157. The summed E-state index contributed by atoms with van der Waals surface area (Å²) in [6.07, 6.45) is -0.157. The molecule has 0 saturated carbocycles. The summed E-state index contributed by atoms with van der Waals surface area (Å²) in [6.45, 7) is 0.420. The number of halogens is 1. The molecule has 3 nitrogen and oxygen atoms in total. The molecule has 0 aliphatic rings. The van der Waals surface area contributed by atoms with Crippen molar-refractivity contribution in [2.24, 2.45) is 5.73 Å². The van der Waals surface area contributed by atoms with E-state index in [0.717, 1.165) is 20.7 Å². The van der Waals surface area contributed by atoms with E-state index in [2.05, 4.69) is 0 Å². The Hall–Kier alpha value is -1.23. The largest absolute Gasteiger partial charge is 0.483 e. The van der Waals surface area contributed by atoms with E-state index in [0.29, 0.717) is 6.54 Å². The van der Waals surface area contributed by atoms with Crippen LogP contribution in [0.1, 0.15) is 11.0 Å². The van der Waals surface area contributed by atoms with Gasteiger partial charge in [0, 0.05) is 37.3 Å². The molecule has 0 radical (unpaired) electrons. The van der Waals surface area contributed by atoms with Crippen LogP contribution < -0.4 is 15.4 Å². The van der Waals surface area contributed by atoms with E-state index in [-0.39, 0.29) is 6.10 Å². The molecular weight excluding hydrogens is 280 g/mol. The second kappa shape index (κ2) is 6.28. The number of thiophene rings is 1. The van der Waals surface area contributed by atoms with Gasteiger partial charge in [0.2, 0.25) is 0 Å². The minimum atomic E-state index is -0.157.